The Morgan fingerprint density at radius 3 is 2.06 bits per heavy atom. The molecule has 0 unspecified atom stereocenters. The number of ether oxygens (including phenoxy) is 2. The quantitative estimate of drug-likeness (QED) is 0.0935. The van der Waals surface area contributed by atoms with Crippen LogP contribution in [0.25, 0.3) is 10.8 Å². The second-order valence-corrected chi connectivity index (χ2v) is 16.2. The highest BCUT2D eigenvalue weighted by Gasteiger charge is 2.49. The van der Waals surface area contributed by atoms with Gasteiger partial charge in [-0.15, -0.1) is 5.54 Å². The van der Waals surface area contributed by atoms with Gasteiger partial charge in [0.05, 0.1) is 5.56 Å². The van der Waals surface area contributed by atoms with Crippen molar-refractivity contribution < 1.29 is 39.6 Å². The molecule has 0 fully saturated rings. The van der Waals surface area contributed by atoms with Crippen LogP contribution in [0.15, 0.2) is 24.3 Å². The van der Waals surface area contributed by atoms with Gasteiger partial charge in [0.15, 0.2) is 12.5 Å². The predicted octanol–water partition coefficient (Wildman–Crippen LogP) is 6.76. The van der Waals surface area contributed by atoms with Crippen LogP contribution in [0.3, 0.4) is 0 Å². The molecule has 0 spiro atoms. The molecule has 0 radical (unpaired) electrons. The second kappa shape index (κ2) is 10.8. The molecule has 0 aliphatic carbocycles. The van der Waals surface area contributed by atoms with Crippen LogP contribution in [-0.2, 0) is 14.9 Å². The van der Waals surface area contributed by atoms with Gasteiger partial charge in [-0.05, 0) is 34.1 Å². The molecular formula is C24H30F4O5SSi. The summed E-state index contributed by atoms with van der Waals surface area (Å²) >= 11 is 0. The van der Waals surface area contributed by atoms with Gasteiger partial charge in [-0.1, -0.05) is 53.5 Å². The van der Waals surface area contributed by atoms with Crippen molar-refractivity contribution in [3.63, 3.8) is 0 Å². The predicted molar refractivity (Wildman–Crippen MR) is 130 cm³/mol. The van der Waals surface area contributed by atoms with E-state index in [1.807, 2.05) is 0 Å². The summed E-state index contributed by atoms with van der Waals surface area (Å²) in [6.45, 7) is 12.1. The van der Waals surface area contributed by atoms with E-state index in [0.717, 1.165) is 12.1 Å². The highest BCUT2D eigenvalue weighted by Crippen LogP contribution is 2.42. The molecule has 194 valence electrons. The fourth-order valence-electron chi connectivity index (χ4n) is 4.54. The Labute approximate surface area is 204 Å². The summed E-state index contributed by atoms with van der Waals surface area (Å²) in [5.74, 6) is 1.33. The molecule has 2 aromatic carbocycles. The fraction of sp³-hybridized carbons (Fsp3) is 0.500. The molecule has 0 aliphatic rings. The summed E-state index contributed by atoms with van der Waals surface area (Å²) in [6.07, 6.45) is 0. The van der Waals surface area contributed by atoms with Crippen LogP contribution in [0, 0.1) is 17.3 Å². The van der Waals surface area contributed by atoms with Crippen LogP contribution in [-0.4, -0.2) is 35.9 Å². The highest BCUT2D eigenvalue weighted by atomic mass is 32.2. The first-order chi connectivity index (χ1) is 16.1. The zero-order valence-corrected chi connectivity index (χ0v) is 22.5. The Hall–Kier alpha value is -2.29. The minimum atomic E-state index is -6.04. The van der Waals surface area contributed by atoms with Crippen molar-refractivity contribution in [2.45, 2.75) is 63.7 Å². The number of alkyl halides is 3. The summed E-state index contributed by atoms with van der Waals surface area (Å²) in [6, 6.07) is 4.79. The van der Waals surface area contributed by atoms with Crippen LogP contribution < -0.4 is 8.92 Å². The average Bonchev–Trinajstić information content (AvgIpc) is 2.72. The lowest BCUT2D eigenvalue weighted by Gasteiger charge is -2.38. The first-order valence-electron chi connectivity index (χ1n) is 11.0. The van der Waals surface area contributed by atoms with Crippen molar-refractivity contribution in [3.8, 4) is 23.0 Å². The van der Waals surface area contributed by atoms with Crippen LogP contribution in [0.2, 0.25) is 16.6 Å². The molecule has 2 rings (SSSR count). The molecule has 35 heavy (non-hydrogen) atoms. The lowest BCUT2D eigenvalue weighted by molar-refractivity contribution is -0.0499. The molecule has 2 aromatic rings. The minimum Gasteiger partial charge on any atom is -0.467 e. The molecule has 0 N–H and O–H groups in total. The van der Waals surface area contributed by atoms with Crippen molar-refractivity contribution in [1.29, 1.82) is 0 Å². The second-order valence-electron chi connectivity index (χ2n) is 9.12. The molecule has 0 aromatic heterocycles. The molecule has 0 atom stereocenters. The number of benzene rings is 2. The van der Waals surface area contributed by atoms with E-state index in [0.29, 0.717) is 0 Å². The topological polar surface area (TPSA) is 61.8 Å². The van der Waals surface area contributed by atoms with E-state index < -0.39 is 35.3 Å². The van der Waals surface area contributed by atoms with Gasteiger partial charge in [0.2, 0.25) is 0 Å². The standard InChI is InChI=1S/C24H30F4O5SSi/c1-15(2)35(16(3)4,17(5)6)11-10-20-21(25)9-8-18-12-19(32-14-31-7)13-22(23(18)20)33-34(29,30)24(26,27)28/h8-9,12-13,15-17H,14H2,1-7H3. The summed E-state index contributed by atoms with van der Waals surface area (Å²) < 4.78 is 92.6. The molecule has 0 saturated carbocycles. The molecular weight excluding hydrogens is 504 g/mol. The zero-order valence-electron chi connectivity index (χ0n) is 20.7. The lowest BCUT2D eigenvalue weighted by Crippen LogP contribution is -2.43. The van der Waals surface area contributed by atoms with E-state index >= 15 is 4.39 Å². The first-order valence-corrected chi connectivity index (χ1v) is 14.6. The van der Waals surface area contributed by atoms with E-state index in [9.17, 15) is 21.6 Å². The maximum Gasteiger partial charge on any atom is 0.534 e. The number of hydrogen-bond donors (Lipinski definition) is 0. The van der Waals surface area contributed by atoms with Crippen molar-refractivity contribution in [3.05, 3.63) is 35.6 Å². The van der Waals surface area contributed by atoms with Gasteiger partial charge < -0.3 is 13.7 Å². The summed E-state index contributed by atoms with van der Waals surface area (Å²) in [5.41, 5.74) is -1.96. The number of fused-ring (bicyclic) bond motifs is 1. The normalized spacial score (nSPS) is 12.9. The van der Waals surface area contributed by atoms with E-state index in [1.165, 1.54) is 19.2 Å². The smallest absolute Gasteiger partial charge is 0.467 e. The third-order valence-electron chi connectivity index (χ3n) is 6.10. The molecule has 0 amide bonds. The van der Waals surface area contributed by atoms with Gasteiger partial charge in [-0.2, -0.15) is 21.6 Å². The first kappa shape index (κ1) is 28.9. The Morgan fingerprint density at radius 2 is 1.57 bits per heavy atom. The van der Waals surface area contributed by atoms with Crippen LogP contribution >= 0.6 is 0 Å². The summed E-state index contributed by atoms with van der Waals surface area (Å²) in [4.78, 5) is 0. The van der Waals surface area contributed by atoms with Gasteiger partial charge in [0, 0.05) is 18.6 Å². The maximum atomic E-state index is 15.1. The van der Waals surface area contributed by atoms with Crippen LogP contribution in [0.4, 0.5) is 17.6 Å². The van der Waals surface area contributed by atoms with Crippen molar-refractivity contribution in [1.82, 2.24) is 0 Å². The van der Waals surface area contributed by atoms with E-state index in [2.05, 4.69) is 57.2 Å². The molecule has 0 saturated heterocycles. The Balaban J connectivity index is 2.91. The van der Waals surface area contributed by atoms with Crippen molar-refractivity contribution >= 4 is 29.0 Å². The molecule has 11 heteroatoms. The minimum absolute atomic E-state index is 0.0208. The maximum absolute atomic E-state index is 15.1. The molecule has 0 aliphatic heterocycles. The fourth-order valence-corrected chi connectivity index (χ4v) is 10.2. The molecule has 0 heterocycles. The van der Waals surface area contributed by atoms with Gasteiger partial charge in [0.1, 0.15) is 19.6 Å². The zero-order chi connectivity index (χ0) is 26.8. The Kier molecular flexibility index (Phi) is 8.90. The average molecular weight is 535 g/mol. The number of halogens is 4. The monoisotopic (exact) mass is 534 g/mol. The van der Waals surface area contributed by atoms with Crippen LogP contribution in [0.1, 0.15) is 47.1 Å². The van der Waals surface area contributed by atoms with Crippen LogP contribution in [0.5, 0.6) is 11.5 Å². The van der Waals surface area contributed by atoms with Gasteiger partial charge in [0.25, 0.3) is 0 Å². The Morgan fingerprint density at radius 1 is 1.00 bits per heavy atom. The third-order valence-corrected chi connectivity index (χ3v) is 13.4. The number of methoxy groups -OCH3 is 1. The van der Waals surface area contributed by atoms with Crippen molar-refractivity contribution in [2.75, 3.05) is 13.9 Å². The largest absolute Gasteiger partial charge is 0.534 e. The number of rotatable bonds is 8. The van der Waals surface area contributed by atoms with E-state index in [1.54, 1.807) is 0 Å². The lowest BCUT2D eigenvalue weighted by atomic mass is 10.0. The van der Waals surface area contributed by atoms with Crippen molar-refractivity contribution in [2.24, 2.45) is 0 Å². The summed E-state index contributed by atoms with van der Waals surface area (Å²) in [5, 5.41) is 0.0110. The molecule has 0 bridgehead atoms. The SMILES string of the molecule is COCOc1cc(OS(=O)(=O)C(F)(F)F)c2c(C#C[Si](C(C)C)(C(C)C)C(C)C)c(F)ccc2c1. The molecule has 5 nitrogen and oxygen atoms in total. The van der Waals surface area contributed by atoms with Gasteiger partial charge >= 0.3 is 15.6 Å². The van der Waals surface area contributed by atoms with E-state index in [4.69, 9.17) is 9.47 Å². The van der Waals surface area contributed by atoms with Gasteiger partial charge in [-0.25, -0.2) is 4.39 Å². The highest BCUT2D eigenvalue weighted by molar-refractivity contribution is 7.88. The van der Waals surface area contributed by atoms with E-state index in [-0.39, 0.29) is 45.5 Å². The third kappa shape index (κ3) is 5.93. The number of hydrogen-bond acceptors (Lipinski definition) is 5. The van der Waals surface area contributed by atoms with Gasteiger partial charge in [-0.3, -0.25) is 0 Å². The summed E-state index contributed by atoms with van der Waals surface area (Å²) in [7, 11) is -7.06. The Bertz CT molecular complexity index is 1210.